The van der Waals surface area contributed by atoms with E-state index >= 15 is 0 Å². The average Bonchev–Trinajstić information content (AvgIpc) is 1.66. The van der Waals surface area contributed by atoms with Crippen LogP contribution in [0.1, 0.15) is 26.7 Å². The first-order valence-corrected chi connectivity index (χ1v) is 6.18. The van der Waals surface area contributed by atoms with Crippen LogP contribution >= 0.6 is 0 Å². The van der Waals surface area contributed by atoms with Crippen LogP contribution in [-0.4, -0.2) is 9.52 Å². The Kier molecular flexibility index (Phi) is 5.50. The SMILES string of the molecule is C[SiH2]CCCC(C)C. The molecule has 0 radical (unpaired) electrons. The summed E-state index contributed by atoms with van der Waals surface area (Å²) in [7, 11) is 0.371. The van der Waals surface area contributed by atoms with Gasteiger partial charge >= 0.3 is 0 Å². The van der Waals surface area contributed by atoms with Gasteiger partial charge in [-0.2, -0.15) is 0 Å². The zero-order chi connectivity index (χ0) is 6.41. The van der Waals surface area contributed by atoms with Crippen molar-refractivity contribution in [3.8, 4) is 0 Å². The molecule has 0 aromatic heterocycles. The van der Waals surface area contributed by atoms with Crippen LogP contribution < -0.4 is 0 Å². The Morgan fingerprint density at radius 3 is 2.38 bits per heavy atom. The van der Waals surface area contributed by atoms with E-state index in [4.69, 9.17) is 0 Å². The molecule has 0 fully saturated rings. The fraction of sp³-hybridized carbons (Fsp3) is 1.00. The molecule has 0 nitrogen and oxygen atoms in total. The van der Waals surface area contributed by atoms with Gasteiger partial charge in [-0.05, 0) is 5.92 Å². The molecule has 0 N–H and O–H groups in total. The van der Waals surface area contributed by atoms with Gasteiger partial charge in [-0.3, -0.25) is 0 Å². The highest BCUT2D eigenvalue weighted by Crippen LogP contribution is 2.05. The van der Waals surface area contributed by atoms with E-state index in [0.717, 1.165) is 5.92 Å². The maximum absolute atomic E-state index is 2.39. The Balaban J connectivity index is 2.72. The second-order valence-corrected chi connectivity index (χ2v) is 4.60. The van der Waals surface area contributed by atoms with Crippen molar-refractivity contribution in [2.75, 3.05) is 0 Å². The summed E-state index contributed by atoms with van der Waals surface area (Å²) in [5, 5.41) is 0. The van der Waals surface area contributed by atoms with Crippen LogP contribution in [0.25, 0.3) is 0 Å². The minimum atomic E-state index is 0.371. The zero-order valence-corrected chi connectivity index (χ0v) is 7.82. The van der Waals surface area contributed by atoms with E-state index in [-0.39, 0.29) is 0 Å². The second-order valence-electron chi connectivity index (χ2n) is 2.89. The maximum atomic E-state index is 2.39. The summed E-state index contributed by atoms with van der Waals surface area (Å²) < 4.78 is 0. The molecule has 0 amide bonds. The predicted molar refractivity (Wildman–Crippen MR) is 43.3 cm³/mol. The first-order chi connectivity index (χ1) is 3.77. The molecule has 0 saturated carbocycles. The summed E-state index contributed by atoms with van der Waals surface area (Å²) in [4.78, 5) is 0. The van der Waals surface area contributed by atoms with E-state index in [1.54, 1.807) is 6.04 Å². The number of hydrogen-bond acceptors (Lipinski definition) is 0. The molecule has 0 aliphatic heterocycles. The standard InChI is InChI=1S/C7H18Si/c1-7(2)5-4-6-8-3/h7H,4-6,8H2,1-3H3. The van der Waals surface area contributed by atoms with Gasteiger partial charge in [0, 0.05) is 9.52 Å². The van der Waals surface area contributed by atoms with Crippen LogP contribution in [0.4, 0.5) is 0 Å². The fourth-order valence-electron chi connectivity index (χ4n) is 0.803. The van der Waals surface area contributed by atoms with Crippen molar-refractivity contribution >= 4 is 9.52 Å². The van der Waals surface area contributed by atoms with Gasteiger partial charge in [-0.1, -0.05) is 39.3 Å². The van der Waals surface area contributed by atoms with Crippen molar-refractivity contribution in [1.82, 2.24) is 0 Å². The maximum Gasteiger partial charge on any atom is 0.0166 e. The lowest BCUT2D eigenvalue weighted by atomic mass is 10.1. The summed E-state index contributed by atoms with van der Waals surface area (Å²) in [6.07, 6.45) is 2.93. The van der Waals surface area contributed by atoms with Crippen LogP contribution in [0.2, 0.25) is 12.6 Å². The molecular formula is C7H18Si. The first kappa shape index (κ1) is 8.22. The van der Waals surface area contributed by atoms with Gasteiger partial charge in [0.15, 0.2) is 0 Å². The Labute approximate surface area is 55.5 Å². The monoisotopic (exact) mass is 130 g/mol. The summed E-state index contributed by atoms with van der Waals surface area (Å²) in [5.41, 5.74) is 0. The van der Waals surface area contributed by atoms with Crippen molar-refractivity contribution in [2.45, 2.75) is 39.3 Å². The van der Waals surface area contributed by atoms with Gasteiger partial charge in [-0.25, -0.2) is 0 Å². The predicted octanol–water partition coefficient (Wildman–Crippen LogP) is 2.06. The van der Waals surface area contributed by atoms with Crippen molar-refractivity contribution in [3.63, 3.8) is 0 Å². The number of hydrogen-bond donors (Lipinski definition) is 0. The topological polar surface area (TPSA) is 0 Å². The van der Waals surface area contributed by atoms with Crippen molar-refractivity contribution in [2.24, 2.45) is 5.92 Å². The largest absolute Gasteiger partial charge is 0.0748 e. The molecule has 0 aromatic rings. The third-order valence-corrected chi connectivity index (χ3v) is 2.59. The minimum Gasteiger partial charge on any atom is -0.0748 e. The molecule has 50 valence electrons. The Morgan fingerprint density at radius 1 is 1.38 bits per heavy atom. The molecule has 0 rings (SSSR count). The van der Waals surface area contributed by atoms with Crippen LogP contribution in [-0.2, 0) is 0 Å². The van der Waals surface area contributed by atoms with E-state index < -0.39 is 0 Å². The summed E-state index contributed by atoms with van der Waals surface area (Å²) in [6, 6.07) is 1.55. The van der Waals surface area contributed by atoms with Gasteiger partial charge in [0.1, 0.15) is 0 Å². The second kappa shape index (κ2) is 5.36. The van der Waals surface area contributed by atoms with Gasteiger partial charge in [-0.15, -0.1) is 0 Å². The Bertz CT molecular complexity index is 41.7. The lowest BCUT2D eigenvalue weighted by molar-refractivity contribution is 0.575. The third-order valence-electron chi connectivity index (χ3n) is 1.39. The van der Waals surface area contributed by atoms with Crippen LogP contribution in [0.15, 0.2) is 0 Å². The summed E-state index contributed by atoms with van der Waals surface area (Å²) in [6.45, 7) is 6.99. The smallest absolute Gasteiger partial charge is 0.0166 e. The quantitative estimate of drug-likeness (QED) is 0.404. The molecule has 0 aromatic carbocycles. The molecule has 0 bridgehead atoms. The van der Waals surface area contributed by atoms with Gasteiger partial charge < -0.3 is 0 Å². The first-order valence-electron chi connectivity index (χ1n) is 3.77. The molecular weight excluding hydrogens is 112 g/mol. The fourth-order valence-corrected chi connectivity index (χ4v) is 1.59. The molecule has 0 saturated heterocycles. The van der Waals surface area contributed by atoms with Crippen molar-refractivity contribution in [1.29, 1.82) is 0 Å². The van der Waals surface area contributed by atoms with Gasteiger partial charge in [0.2, 0.25) is 0 Å². The van der Waals surface area contributed by atoms with Crippen LogP contribution in [0.3, 0.4) is 0 Å². The molecule has 0 spiro atoms. The highest BCUT2D eigenvalue weighted by Gasteiger charge is 1.90. The van der Waals surface area contributed by atoms with E-state index in [2.05, 4.69) is 20.4 Å². The molecule has 8 heavy (non-hydrogen) atoms. The van der Waals surface area contributed by atoms with Crippen LogP contribution in [0.5, 0.6) is 0 Å². The molecule has 0 aliphatic rings. The lowest BCUT2D eigenvalue weighted by Gasteiger charge is -2.00. The van der Waals surface area contributed by atoms with E-state index in [1.165, 1.54) is 12.8 Å². The highest BCUT2D eigenvalue weighted by molar-refractivity contribution is 6.33. The normalized spacial score (nSPS) is 12.0. The van der Waals surface area contributed by atoms with Gasteiger partial charge in [0.05, 0.1) is 0 Å². The Morgan fingerprint density at radius 2 is 2.00 bits per heavy atom. The molecule has 0 aliphatic carbocycles. The molecule has 0 heterocycles. The zero-order valence-electron chi connectivity index (χ0n) is 6.41. The average molecular weight is 130 g/mol. The minimum absolute atomic E-state index is 0.371. The van der Waals surface area contributed by atoms with E-state index in [9.17, 15) is 0 Å². The highest BCUT2D eigenvalue weighted by atomic mass is 28.2. The van der Waals surface area contributed by atoms with Crippen molar-refractivity contribution < 1.29 is 0 Å². The molecule has 0 unspecified atom stereocenters. The van der Waals surface area contributed by atoms with Gasteiger partial charge in [0.25, 0.3) is 0 Å². The molecule has 1 heteroatoms. The number of rotatable bonds is 4. The van der Waals surface area contributed by atoms with Crippen molar-refractivity contribution in [3.05, 3.63) is 0 Å². The molecule has 0 atom stereocenters. The van der Waals surface area contributed by atoms with E-state index in [0.29, 0.717) is 9.52 Å². The summed E-state index contributed by atoms with van der Waals surface area (Å²) >= 11 is 0. The Hall–Kier alpha value is 0.217. The third kappa shape index (κ3) is 6.22. The van der Waals surface area contributed by atoms with E-state index in [1.807, 2.05) is 0 Å². The summed E-state index contributed by atoms with van der Waals surface area (Å²) in [5.74, 6) is 0.926. The van der Waals surface area contributed by atoms with Crippen LogP contribution in [0, 0.1) is 5.92 Å². The lowest BCUT2D eigenvalue weighted by Crippen LogP contribution is -1.88.